The maximum Gasteiger partial charge on any atom is 0.317 e. The SMILES string of the molecule is CCCNC(=O)N(CC)CC(C)C(=O)O. The Kier molecular flexibility index (Phi) is 6.49. The molecule has 5 nitrogen and oxygen atoms in total. The van der Waals surface area contributed by atoms with Gasteiger partial charge in [0.25, 0.3) is 0 Å². The molecule has 5 heteroatoms. The fourth-order valence-electron chi connectivity index (χ4n) is 1.11. The molecule has 0 heterocycles. The Labute approximate surface area is 90.5 Å². The number of carboxylic acid groups (broad SMARTS) is 1. The highest BCUT2D eigenvalue weighted by Crippen LogP contribution is 2.00. The van der Waals surface area contributed by atoms with Crippen LogP contribution in [0.4, 0.5) is 4.79 Å². The summed E-state index contributed by atoms with van der Waals surface area (Å²) in [5, 5.41) is 11.4. The lowest BCUT2D eigenvalue weighted by atomic mass is 10.2. The van der Waals surface area contributed by atoms with Gasteiger partial charge in [0.15, 0.2) is 0 Å². The van der Waals surface area contributed by atoms with Gasteiger partial charge in [-0.3, -0.25) is 4.79 Å². The Balaban J connectivity index is 4.11. The van der Waals surface area contributed by atoms with Gasteiger partial charge in [0, 0.05) is 19.6 Å². The van der Waals surface area contributed by atoms with Gasteiger partial charge in [0.05, 0.1) is 5.92 Å². The van der Waals surface area contributed by atoms with Crippen LogP contribution in [0.25, 0.3) is 0 Å². The fraction of sp³-hybridized carbons (Fsp3) is 0.800. The number of amides is 2. The summed E-state index contributed by atoms with van der Waals surface area (Å²) in [7, 11) is 0. The molecule has 0 radical (unpaired) electrons. The first kappa shape index (κ1) is 13.7. The highest BCUT2D eigenvalue weighted by Gasteiger charge is 2.18. The molecule has 0 rings (SSSR count). The van der Waals surface area contributed by atoms with Crippen molar-refractivity contribution in [3.05, 3.63) is 0 Å². The first-order chi connectivity index (χ1) is 7.02. The summed E-state index contributed by atoms with van der Waals surface area (Å²) >= 11 is 0. The van der Waals surface area contributed by atoms with Gasteiger partial charge in [-0.05, 0) is 13.3 Å². The minimum atomic E-state index is -0.878. The number of carbonyl (C=O) groups excluding carboxylic acids is 1. The van der Waals surface area contributed by atoms with E-state index < -0.39 is 11.9 Å². The second-order valence-electron chi connectivity index (χ2n) is 3.51. The molecule has 0 aliphatic rings. The van der Waals surface area contributed by atoms with Gasteiger partial charge in [-0.2, -0.15) is 0 Å². The van der Waals surface area contributed by atoms with Gasteiger partial charge < -0.3 is 15.3 Å². The first-order valence-electron chi connectivity index (χ1n) is 5.28. The highest BCUT2D eigenvalue weighted by molar-refractivity contribution is 5.75. The van der Waals surface area contributed by atoms with Crippen molar-refractivity contribution in [2.24, 2.45) is 5.92 Å². The quantitative estimate of drug-likeness (QED) is 0.699. The number of urea groups is 1. The third kappa shape index (κ3) is 5.24. The minimum Gasteiger partial charge on any atom is -0.481 e. The predicted octanol–water partition coefficient (Wildman–Crippen LogP) is 1.15. The van der Waals surface area contributed by atoms with E-state index in [9.17, 15) is 9.59 Å². The number of nitrogens with zero attached hydrogens (tertiary/aromatic N) is 1. The summed E-state index contributed by atoms with van der Waals surface area (Å²) in [6.45, 7) is 6.79. The maximum atomic E-state index is 11.5. The number of carbonyl (C=O) groups is 2. The lowest BCUT2D eigenvalue weighted by Gasteiger charge is -2.23. The van der Waals surface area contributed by atoms with E-state index in [-0.39, 0.29) is 12.6 Å². The number of aliphatic carboxylic acids is 1. The summed E-state index contributed by atoms with van der Waals surface area (Å²) in [6, 6.07) is -0.188. The molecule has 1 atom stereocenters. The van der Waals surface area contributed by atoms with Crippen LogP contribution in [0.5, 0.6) is 0 Å². The molecular formula is C10H20N2O3. The molecule has 0 spiro atoms. The molecule has 0 saturated carbocycles. The van der Waals surface area contributed by atoms with E-state index in [1.54, 1.807) is 6.92 Å². The first-order valence-corrected chi connectivity index (χ1v) is 5.28. The average molecular weight is 216 g/mol. The number of rotatable bonds is 6. The van der Waals surface area contributed by atoms with Gasteiger partial charge in [-0.15, -0.1) is 0 Å². The fourth-order valence-corrected chi connectivity index (χ4v) is 1.11. The van der Waals surface area contributed by atoms with Crippen molar-refractivity contribution in [2.75, 3.05) is 19.6 Å². The predicted molar refractivity (Wildman–Crippen MR) is 57.7 cm³/mol. The zero-order valence-corrected chi connectivity index (χ0v) is 9.62. The van der Waals surface area contributed by atoms with Crippen LogP contribution in [-0.2, 0) is 4.79 Å². The zero-order valence-electron chi connectivity index (χ0n) is 9.62. The van der Waals surface area contributed by atoms with Gasteiger partial charge in [-0.25, -0.2) is 4.79 Å². The van der Waals surface area contributed by atoms with Crippen molar-refractivity contribution >= 4 is 12.0 Å². The van der Waals surface area contributed by atoms with Gasteiger partial charge in [-0.1, -0.05) is 13.8 Å². The summed E-state index contributed by atoms with van der Waals surface area (Å²) < 4.78 is 0. The molecular weight excluding hydrogens is 196 g/mol. The van der Waals surface area contributed by atoms with Crippen LogP contribution in [-0.4, -0.2) is 41.6 Å². The van der Waals surface area contributed by atoms with Crippen molar-refractivity contribution in [1.82, 2.24) is 10.2 Å². The van der Waals surface area contributed by atoms with Crippen molar-refractivity contribution in [1.29, 1.82) is 0 Å². The highest BCUT2D eigenvalue weighted by atomic mass is 16.4. The maximum absolute atomic E-state index is 11.5. The van der Waals surface area contributed by atoms with E-state index in [1.807, 2.05) is 13.8 Å². The monoisotopic (exact) mass is 216 g/mol. The molecule has 0 aliphatic carbocycles. The Bertz CT molecular complexity index is 219. The summed E-state index contributed by atoms with van der Waals surface area (Å²) in [4.78, 5) is 23.7. The van der Waals surface area contributed by atoms with Crippen LogP contribution in [0.2, 0.25) is 0 Å². The van der Waals surface area contributed by atoms with Crippen LogP contribution >= 0.6 is 0 Å². The van der Waals surface area contributed by atoms with E-state index in [1.165, 1.54) is 4.90 Å². The van der Waals surface area contributed by atoms with Gasteiger partial charge in [0.2, 0.25) is 0 Å². The second-order valence-corrected chi connectivity index (χ2v) is 3.51. The lowest BCUT2D eigenvalue weighted by Crippen LogP contribution is -2.43. The minimum absolute atomic E-state index is 0.188. The second kappa shape index (κ2) is 7.09. The molecule has 0 aromatic rings. The number of hydrogen-bond acceptors (Lipinski definition) is 2. The molecule has 0 fully saturated rings. The third-order valence-electron chi connectivity index (χ3n) is 2.11. The molecule has 0 bridgehead atoms. The summed E-state index contributed by atoms with van der Waals surface area (Å²) in [5.74, 6) is -1.41. The van der Waals surface area contributed by atoms with Crippen LogP contribution in [0, 0.1) is 5.92 Å². The van der Waals surface area contributed by atoms with E-state index >= 15 is 0 Å². The van der Waals surface area contributed by atoms with Crippen molar-refractivity contribution in [2.45, 2.75) is 27.2 Å². The van der Waals surface area contributed by atoms with E-state index in [0.717, 1.165) is 6.42 Å². The van der Waals surface area contributed by atoms with Gasteiger partial charge in [0.1, 0.15) is 0 Å². The Morgan fingerprint density at radius 2 is 2.00 bits per heavy atom. The zero-order chi connectivity index (χ0) is 11.8. The Morgan fingerprint density at radius 3 is 2.40 bits per heavy atom. The smallest absolute Gasteiger partial charge is 0.317 e. The van der Waals surface area contributed by atoms with Crippen molar-refractivity contribution < 1.29 is 14.7 Å². The number of carboxylic acids is 1. The molecule has 15 heavy (non-hydrogen) atoms. The Morgan fingerprint density at radius 1 is 1.40 bits per heavy atom. The number of hydrogen-bond donors (Lipinski definition) is 2. The van der Waals surface area contributed by atoms with Crippen LogP contribution in [0.1, 0.15) is 27.2 Å². The normalized spacial score (nSPS) is 11.9. The third-order valence-corrected chi connectivity index (χ3v) is 2.11. The molecule has 0 saturated heterocycles. The lowest BCUT2D eigenvalue weighted by molar-refractivity contribution is -0.141. The number of nitrogens with one attached hydrogen (secondary N) is 1. The van der Waals surface area contributed by atoms with Crippen LogP contribution in [0.15, 0.2) is 0 Å². The van der Waals surface area contributed by atoms with Gasteiger partial charge >= 0.3 is 12.0 Å². The molecule has 2 N–H and O–H groups in total. The largest absolute Gasteiger partial charge is 0.481 e. The molecule has 2 amide bonds. The summed E-state index contributed by atoms with van der Waals surface area (Å²) in [6.07, 6.45) is 0.873. The summed E-state index contributed by atoms with van der Waals surface area (Å²) in [5.41, 5.74) is 0. The van der Waals surface area contributed by atoms with Crippen LogP contribution in [0.3, 0.4) is 0 Å². The molecule has 88 valence electrons. The van der Waals surface area contributed by atoms with E-state index in [2.05, 4.69) is 5.32 Å². The molecule has 0 aromatic heterocycles. The standard InChI is InChI=1S/C10H20N2O3/c1-4-6-11-10(15)12(5-2)7-8(3)9(13)14/h8H,4-7H2,1-3H3,(H,11,15)(H,13,14). The average Bonchev–Trinajstić information content (AvgIpc) is 2.21. The van der Waals surface area contributed by atoms with Crippen molar-refractivity contribution in [3.8, 4) is 0 Å². The topological polar surface area (TPSA) is 69.6 Å². The van der Waals surface area contributed by atoms with E-state index in [4.69, 9.17) is 5.11 Å². The Hall–Kier alpha value is -1.26. The molecule has 0 aromatic carbocycles. The van der Waals surface area contributed by atoms with Crippen LogP contribution < -0.4 is 5.32 Å². The van der Waals surface area contributed by atoms with E-state index in [0.29, 0.717) is 13.1 Å². The molecule has 1 unspecified atom stereocenters. The van der Waals surface area contributed by atoms with Crippen molar-refractivity contribution in [3.63, 3.8) is 0 Å². The molecule has 0 aliphatic heterocycles.